The third-order valence-corrected chi connectivity index (χ3v) is 1.84. The third-order valence-electron chi connectivity index (χ3n) is 1.84. The molecule has 1 aromatic carbocycles. The summed E-state index contributed by atoms with van der Waals surface area (Å²) in [7, 11) is 0. The topological polar surface area (TPSA) is 49.8 Å². The fraction of sp³-hybridized carbons (Fsp3) is 0.300. The molecule has 2 N–H and O–H groups in total. The largest absolute Gasteiger partial charge is 0.325 e. The number of nitriles is 1. The summed E-state index contributed by atoms with van der Waals surface area (Å²) in [6, 6.07) is 7.98. The van der Waals surface area contributed by atoms with Gasteiger partial charge < -0.3 is 5.73 Å². The first kappa shape index (κ1) is 10.6. The van der Waals surface area contributed by atoms with Crippen LogP contribution in [0.2, 0.25) is 0 Å². The SMILES string of the molecule is N#Cc1ccc(CC(F)(F)CN)cc1. The van der Waals surface area contributed by atoms with Gasteiger partial charge >= 0.3 is 0 Å². The first-order valence-corrected chi connectivity index (χ1v) is 4.14. The molecule has 0 saturated heterocycles. The van der Waals surface area contributed by atoms with Crippen LogP contribution in [0.3, 0.4) is 0 Å². The summed E-state index contributed by atoms with van der Waals surface area (Å²) in [5, 5.41) is 8.49. The van der Waals surface area contributed by atoms with E-state index in [9.17, 15) is 8.78 Å². The summed E-state index contributed by atoms with van der Waals surface area (Å²) in [6.45, 7) is -0.660. The Hall–Kier alpha value is -1.47. The van der Waals surface area contributed by atoms with Crippen LogP contribution in [0.4, 0.5) is 8.78 Å². The van der Waals surface area contributed by atoms with E-state index in [1.54, 1.807) is 0 Å². The van der Waals surface area contributed by atoms with Crippen LogP contribution in [0.25, 0.3) is 0 Å². The Morgan fingerprint density at radius 2 is 1.86 bits per heavy atom. The maximum Gasteiger partial charge on any atom is 0.264 e. The van der Waals surface area contributed by atoms with Crippen LogP contribution in [0, 0.1) is 11.3 Å². The van der Waals surface area contributed by atoms with Gasteiger partial charge in [0.1, 0.15) is 0 Å². The zero-order valence-electron chi connectivity index (χ0n) is 7.50. The minimum absolute atomic E-state index is 0.380. The Morgan fingerprint density at radius 1 is 1.29 bits per heavy atom. The van der Waals surface area contributed by atoms with Crippen LogP contribution < -0.4 is 5.73 Å². The van der Waals surface area contributed by atoms with E-state index in [0.717, 1.165) is 0 Å². The second-order valence-corrected chi connectivity index (χ2v) is 3.05. The smallest absolute Gasteiger partial charge is 0.264 e. The number of nitrogens with two attached hydrogens (primary N) is 1. The molecule has 0 aliphatic rings. The predicted molar refractivity (Wildman–Crippen MR) is 48.9 cm³/mol. The molecule has 0 atom stereocenters. The van der Waals surface area contributed by atoms with Gasteiger partial charge in [-0.15, -0.1) is 0 Å². The highest BCUT2D eigenvalue weighted by Gasteiger charge is 2.26. The van der Waals surface area contributed by atoms with Gasteiger partial charge in [-0.3, -0.25) is 0 Å². The van der Waals surface area contributed by atoms with Crippen LogP contribution in [-0.2, 0) is 6.42 Å². The van der Waals surface area contributed by atoms with Crippen molar-refractivity contribution in [2.75, 3.05) is 6.54 Å². The molecule has 0 aromatic heterocycles. The fourth-order valence-electron chi connectivity index (χ4n) is 1.07. The van der Waals surface area contributed by atoms with Crippen LogP contribution in [0.1, 0.15) is 11.1 Å². The average molecular weight is 196 g/mol. The van der Waals surface area contributed by atoms with Gasteiger partial charge in [-0.25, -0.2) is 8.78 Å². The van der Waals surface area contributed by atoms with E-state index in [1.807, 2.05) is 6.07 Å². The molecule has 0 aliphatic carbocycles. The summed E-state index contributed by atoms with van der Waals surface area (Å²) in [4.78, 5) is 0. The van der Waals surface area contributed by atoms with Gasteiger partial charge in [-0.1, -0.05) is 12.1 Å². The van der Waals surface area contributed by atoms with Crippen molar-refractivity contribution in [3.63, 3.8) is 0 Å². The number of benzene rings is 1. The van der Waals surface area contributed by atoms with Crippen molar-refractivity contribution in [1.82, 2.24) is 0 Å². The van der Waals surface area contributed by atoms with Crippen LogP contribution in [0.5, 0.6) is 0 Å². The van der Waals surface area contributed by atoms with Crippen LogP contribution in [-0.4, -0.2) is 12.5 Å². The molecule has 1 aromatic rings. The summed E-state index contributed by atoms with van der Waals surface area (Å²) in [5.74, 6) is -2.87. The highest BCUT2D eigenvalue weighted by atomic mass is 19.3. The van der Waals surface area contributed by atoms with E-state index < -0.39 is 12.5 Å². The number of halogens is 2. The molecule has 0 unspecified atom stereocenters. The van der Waals surface area contributed by atoms with Crippen LogP contribution in [0.15, 0.2) is 24.3 Å². The number of nitrogens with zero attached hydrogens (tertiary/aromatic N) is 1. The van der Waals surface area contributed by atoms with Crippen molar-refractivity contribution < 1.29 is 8.78 Å². The molecule has 4 heteroatoms. The Labute approximate surface area is 81.0 Å². The van der Waals surface area contributed by atoms with Crippen molar-refractivity contribution in [3.05, 3.63) is 35.4 Å². The standard InChI is InChI=1S/C10H10F2N2/c11-10(12,7-14)5-8-1-3-9(6-13)4-2-8/h1-4H,5,7,14H2. The maximum atomic E-state index is 12.8. The van der Waals surface area contributed by atoms with Gasteiger partial charge in [0.15, 0.2) is 0 Å². The molecule has 0 heterocycles. The molecule has 0 saturated carbocycles. The number of rotatable bonds is 3. The lowest BCUT2D eigenvalue weighted by Gasteiger charge is -2.13. The van der Waals surface area contributed by atoms with Gasteiger partial charge in [0.25, 0.3) is 5.92 Å². The van der Waals surface area contributed by atoms with E-state index in [0.29, 0.717) is 11.1 Å². The average Bonchev–Trinajstić information content (AvgIpc) is 2.19. The molecule has 0 radical (unpaired) electrons. The Morgan fingerprint density at radius 3 is 2.29 bits per heavy atom. The minimum atomic E-state index is -2.87. The molecular formula is C10H10F2N2. The number of hydrogen-bond acceptors (Lipinski definition) is 2. The van der Waals surface area contributed by atoms with Crippen LogP contribution >= 0.6 is 0 Å². The molecular weight excluding hydrogens is 186 g/mol. The predicted octanol–water partition coefficient (Wildman–Crippen LogP) is 1.69. The van der Waals surface area contributed by atoms with E-state index in [4.69, 9.17) is 11.0 Å². The normalized spacial score (nSPS) is 11.0. The zero-order valence-corrected chi connectivity index (χ0v) is 7.50. The van der Waals surface area contributed by atoms with Gasteiger partial charge in [-0.2, -0.15) is 5.26 Å². The summed E-state index contributed by atoms with van der Waals surface area (Å²) >= 11 is 0. The van der Waals surface area contributed by atoms with Gasteiger partial charge in [0.05, 0.1) is 18.2 Å². The van der Waals surface area contributed by atoms with E-state index in [2.05, 4.69) is 0 Å². The second-order valence-electron chi connectivity index (χ2n) is 3.05. The first-order chi connectivity index (χ1) is 6.57. The van der Waals surface area contributed by atoms with Crippen molar-refractivity contribution in [2.24, 2.45) is 5.73 Å². The molecule has 2 nitrogen and oxygen atoms in total. The molecule has 74 valence electrons. The van der Waals surface area contributed by atoms with E-state index >= 15 is 0 Å². The lowest BCUT2D eigenvalue weighted by Crippen LogP contribution is -2.30. The van der Waals surface area contributed by atoms with E-state index in [-0.39, 0.29) is 6.42 Å². The fourth-order valence-corrected chi connectivity index (χ4v) is 1.07. The number of hydrogen-bond donors (Lipinski definition) is 1. The molecule has 0 bridgehead atoms. The van der Waals surface area contributed by atoms with Crippen molar-refractivity contribution in [1.29, 1.82) is 5.26 Å². The molecule has 1 rings (SSSR count). The monoisotopic (exact) mass is 196 g/mol. The van der Waals surface area contributed by atoms with Gasteiger partial charge in [0.2, 0.25) is 0 Å². The maximum absolute atomic E-state index is 12.8. The third kappa shape index (κ3) is 2.79. The van der Waals surface area contributed by atoms with E-state index in [1.165, 1.54) is 24.3 Å². The molecule has 0 amide bonds. The second kappa shape index (κ2) is 4.16. The minimum Gasteiger partial charge on any atom is -0.325 e. The highest BCUT2D eigenvalue weighted by molar-refractivity contribution is 5.31. The lowest BCUT2D eigenvalue weighted by atomic mass is 10.1. The quantitative estimate of drug-likeness (QED) is 0.799. The van der Waals surface area contributed by atoms with Gasteiger partial charge in [0, 0.05) is 6.42 Å². The Balaban J connectivity index is 2.75. The Bertz CT molecular complexity index is 338. The molecule has 14 heavy (non-hydrogen) atoms. The lowest BCUT2D eigenvalue weighted by molar-refractivity contribution is 0.0115. The Kier molecular flexibility index (Phi) is 3.15. The highest BCUT2D eigenvalue weighted by Crippen LogP contribution is 2.18. The van der Waals surface area contributed by atoms with Crippen molar-refractivity contribution in [2.45, 2.75) is 12.3 Å². The molecule has 0 aliphatic heterocycles. The van der Waals surface area contributed by atoms with Gasteiger partial charge in [-0.05, 0) is 17.7 Å². The number of alkyl halides is 2. The summed E-state index contributed by atoms with van der Waals surface area (Å²) < 4.78 is 25.7. The summed E-state index contributed by atoms with van der Waals surface area (Å²) in [6.07, 6.45) is -0.380. The molecule has 0 fully saturated rings. The zero-order chi connectivity index (χ0) is 10.6. The first-order valence-electron chi connectivity index (χ1n) is 4.14. The van der Waals surface area contributed by atoms with Crippen molar-refractivity contribution >= 4 is 0 Å². The summed E-state index contributed by atoms with van der Waals surface area (Å²) in [5.41, 5.74) is 5.86. The molecule has 0 spiro atoms. The van der Waals surface area contributed by atoms with Crippen molar-refractivity contribution in [3.8, 4) is 6.07 Å².